The summed E-state index contributed by atoms with van der Waals surface area (Å²) in [7, 11) is 1.70. The maximum Gasteiger partial charge on any atom is 0.305 e. The number of methoxy groups -OCH3 is 1. The Labute approximate surface area is 567 Å². The number of Topliss-reactive ketones (excluding diaryl/α,β-unsaturated/α-hetero) is 1. The lowest BCUT2D eigenvalue weighted by Crippen LogP contribution is -2.34. The van der Waals surface area contributed by atoms with Crippen molar-refractivity contribution in [1.29, 1.82) is 0 Å². The maximum atomic E-state index is 12.7. The SMILES string of the molecule is CCCCCCCCC(CCCCCCCCC(C)=O)C(CCCCCCCC)CCCCCCCCC(=O)NCCNC(=O)CCCCCCCCC(CCCCCCCC)C(CCCCCCCC)CCCCCCCCC(=O)OCCCOCCCOC. The van der Waals surface area contributed by atoms with Crippen LogP contribution in [-0.4, -0.2) is 70.2 Å². The monoisotopic (exact) mass is 1290 g/mol. The van der Waals surface area contributed by atoms with Gasteiger partial charge in [0.2, 0.25) is 11.8 Å². The third-order valence-corrected chi connectivity index (χ3v) is 20.2. The molecule has 0 aliphatic rings. The molecule has 0 aromatic rings. The second kappa shape index (κ2) is 73.8. The van der Waals surface area contributed by atoms with Crippen LogP contribution in [0, 0.1) is 23.7 Å². The van der Waals surface area contributed by atoms with E-state index in [0.717, 1.165) is 87.9 Å². The van der Waals surface area contributed by atoms with Crippen LogP contribution in [0.25, 0.3) is 0 Å². The van der Waals surface area contributed by atoms with Gasteiger partial charge in [-0.05, 0) is 62.7 Å². The van der Waals surface area contributed by atoms with E-state index in [4.69, 9.17) is 14.2 Å². The van der Waals surface area contributed by atoms with Crippen LogP contribution in [0.1, 0.15) is 433 Å². The quantitative estimate of drug-likeness (QED) is 0.0460. The van der Waals surface area contributed by atoms with Gasteiger partial charge in [-0.3, -0.25) is 14.4 Å². The number of hydrogen-bond acceptors (Lipinski definition) is 7. The first-order chi connectivity index (χ1) is 44.7. The van der Waals surface area contributed by atoms with E-state index >= 15 is 0 Å². The molecular formula is C82H160N2O7. The van der Waals surface area contributed by atoms with Crippen molar-refractivity contribution < 1.29 is 33.4 Å². The number of amides is 2. The van der Waals surface area contributed by atoms with Crippen molar-refractivity contribution in [3.63, 3.8) is 0 Å². The average molecular weight is 1290 g/mol. The molecule has 0 fully saturated rings. The molecule has 0 saturated carbocycles. The summed E-state index contributed by atoms with van der Waals surface area (Å²) >= 11 is 0. The van der Waals surface area contributed by atoms with Crippen molar-refractivity contribution in [1.82, 2.24) is 10.6 Å². The topological polar surface area (TPSA) is 120 Å². The zero-order valence-corrected chi connectivity index (χ0v) is 62.3. The normalized spacial score (nSPS) is 12.9. The molecular weight excluding hydrogens is 1120 g/mol. The second-order valence-electron chi connectivity index (χ2n) is 28.8. The van der Waals surface area contributed by atoms with E-state index in [1.807, 2.05) is 0 Å². The molecule has 0 heterocycles. The van der Waals surface area contributed by atoms with Crippen molar-refractivity contribution >= 4 is 23.6 Å². The van der Waals surface area contributed by atoms with Crippen LogP contribution in [0.3, 0.4) is 0 Å². The van der Waals surface area contributed by atoms with Gasteiger partial charge >= 0.3 is 5.97 Å². The number of rotatable bonds is 77. The van der Waals surface area contributed by atoms with Crippen molar-refractivity contribution in [2.75, 3.05) is 46.6 Å². The summed E-state index contributed by atoms with van der Waals surface area (Å²) in [6.07, 6.45) is 78.0. The Bertz CT molecular complexity index is 1510. The van der Waals surface area contributed by atoms with Crippen LogP contribution in [0.5, 0.6) is 0 Å². The predicted molar refractivity (Wildman–Crippen MR) is 393 cm³/mol. The first-order valence-electron chi connectivity index (χ1n) is 41.0. The third kappa shape index (κ3) is 66.4. The summed E-state index contributed by atoms with van der Waals surface area (Å²) in [5.41, 5.74) is 0. The maximum absolute atomic E-state index is 12.7. The number of hydrogen-bond donors (Lipinski definition) is 2. The van der Waals surface area contributed by atoms with Crippen LogP contribution in [0.15, 0.2) is 0 Å². The van der Waals surface area contributed by atoms with E-state index in [0.29, 0.717) is 64.6 Å². The Morgan fingerprint density at radius 2 is 0.516 bits per heavy atom. The fourth-order valence-corrected chi connectivity index (χ4v) is 14.3. The smallest absolute Gasteiger partial charge is 0.305 e. The van der Waals surface area contributed by atoms with Crippen LogP contribution in [-0.2, 0) is 33.4 Å². The van der Waals surface area contributed by atoms with Crippen molar-refractivity contribution in [3.05, 3.63) is 0 Å². The number of esters is 1. The molecule has 91 heavy (non-hydrogen) atoms. The van der Waals surface area contributed by atoms with Gasteiger partial charge in [-0.15, -0.1) is 0 Å². The molecule has 0 rings (SSSR count). The molecule has 0 radical (unpaired) electrons. The number of unbranched alkanes of at least 4 members (excludes halogenated alkanes) is 40. The van der Waals surface area contributed by atoms with E-state index in [2.05, 4.69) is 38.3 Å². The number of nitrogens with one attached hydrogen (secondary N) is 2. The van der Waals surface area contributed by atoms with Gasteiger partial charge in [-0.2, -0.15) is 0 Å². The van der Waals surface area contributed by atoms with E-state index in [-0.39, 0.29) is 17.8 Å². The zero-order valence-electron chi connectivity index (χ0n) is 62.3. The summed E-state index contributed by atoms with van der Waals surface area (Å²) in [5, 5.41) is 6.14. The highest BCUT2D eigenvalue weighted by atomic mass is 16.5. The van der Waals surface area contributed by atoms with Crippen LogP contribution in [0.2, 0.25) is 0 Å². The molecule has 0 bridgehead atoms. The first kappa shape index (κ1) is 89.0. The number of carbonyl (C=O) groups excluding carboxylic acids is 4. The van der Waals surface area contributed by atoms with Gasteiger partial charge in [0, 0.05) is 72.1 Å². The zero-order chi connectivity index (χ0) is 66.2. The average Bonchev–Trinajstić information content (AvgIpc) is 3.74. The minimum Gasteiger partial charge on any atom is -0.466 e. The Morgan fingerprint density at radius 3 is 0.791 bits per heavy atom. The number of ether oxygens (including phenoxy) is 3. The molecule has 0 aliphatic heterocycles. The molecule has 2 N–H and O–H groups in total. The highest BCUT2D eigenvalue weighted by molar-refractivity contribution is 5.77. The minimum atomic E-state index is -0.0628. The van der Waals surface area contributed by atoms with Gasteiger partial charge in [-0.25, -0.2) is 0 Å². The lowest BCUT2D eigenvalue weighted by molar-refractivity contribution is -0.144. The van der Waals surface area contributed by atoms with Crippen LogP contribution < -0.4 is 10.6 Å². The molecule has 0 aromatic carbocycles. The van der Waals surface area contributed by atoms with Gasteiger partial charge in [0.15, 0.2) is 0 Å². The summed E-state index contributed by atoms with van der Waals surface area (Å²) < 4.78 is 16.1. The molecule has 9 nitrogen and oxygen atoms in total. The Balaban J connectivity index is 4.71. The van der Waals surface area contributed by atoms with Gasteiger partial charge in [0.1, 0.15) is 5.78 Å². The summed E-state index contributed by atoms with van der Waals surface area (Å²) in [6.45, 7) is 14.5. The third-order valence-electron chi connectivity index (χ3n) is 20.2. The van der Waals surface area contributed by atoms with E-state index in [1.165, 1.54) is 315 Å². The van der Waals surface area contributed by atoms with Crippen LogP contribution in [0.4, 0.5) is 0 Å². The molecule has 0 aliphatic carbocycles. The Morgan fingerprint density at radius 1 is 0.275 bits per heavy atom. The predicted octanol–water partition coefficient (Wildman–Crippen LogP) is 24.7. The highest BCUT2D eigenvalue weighted by Gasteiger charge is 2.23. The fourth-order valence-electron chi connectivity index (χ4n) is 14.3. The first-order valence-corrected chi connectivity index (χ1v) is 41.0. The van der Waals surface area contributed by atoms with E-state index in [9.17, 15) is 19.2 Å². The van der Waals surface area contributed by atoms with Crippen molar-refractivity contribution in [2.24, 2.45) is 23.7 Å². The van der Waals surface area contributed by atoms with Gasteiger partial charge in [0.25, 0.3) is 0 Å². The molecule has 0 spiro atoms. The lowest BCUT2D eigenvalue weighted by Gasteiger charge is -2.28. The second-order valence-corrected chi connectivity index (χ2v) is 28.8. The van der Waals surface area contributed by atoms with Crippen LogP contribution >= 0.6 is 0 Å². The lowest BCUT2D eigenvalue weighted by atomic mass is 9.78. The fraction of sp³-hybridized carbons (Fsp3) is 0.951. The van der Waals surface area contributed by atoms with E-state index in [1.54, 1.807) is 14.0 Å². The van der Waals surface area contributed by atoms with Crippen molar-refractivity contribution in [2.45, 2.75) is 433 Å². The molecule has 540 valence electrons. The van der Waals surface area contributed by atoms with Crippen molar-refractivity contribution in [3.8, 4) is 0 Å². The number of carbonyl (C=O) groups is 4. The Kier molecular flexibility index (Phi) is 72.2. The molecule has 4 atom stereocenters. The minimum absolute atomic E-state index is 0.0628. The summed E-state index contributed by atoms with van der Waals surface area (Å²) in [5.74, 6) is 4.01. The molecule has 2 amide bonds. The van der Waals surface area contributed by atoms with E-state index < -0.39 is 0 Å². The molecule has 9 heteroatoms. The molecule has 0 aromatic heterocycles. The highest BCUT2D eigenvalue weighted by Crippen LogP contribution is 2.36. The van der Waals surface area contributed by atoms with Gasteiger partial charge < -0.3 is 29.6 Å². The summed E-state index contributed by atoms with van der Waals surface area (Å²) in [4.78, 5) is 49.1. The van der Waals surface area contributed by atoms with Gasteiger partial charge in [0.05, 0.1) is 6.61 Å². The largest absolute Gasteiger partial charge is 0.466 e. The standard InChI is InChI=1S/C82H160N2O7/c1-7-11-15-19-32-44-58-76(62-48-36-24-23-31-43-57-75(5)85)77(59-45-33-20-16-12-8-2)63-49-37-25-28-40-52-66-80(86)83-69-70-84-81(87)67-53-41-29-26-38-50-64-78(60-46-34-21-17-13-9-3)79(61-47-35-22-18-14-10-4)65-51-39-27-30-42-54-68-82(88)91-74-56-73-90-72-55-71-89-6/h76-79H,7-74H2,1-6H3,(H,83,86)(H,84,87). The molecule has 0 saturated heterocycles. The summed E-state index contributed by atoms with van der Waals surface area (Å²) in [6, 6.07) is 0. The molecule has 4 unspecified atom stereocenters. The Hall–Kier alpha value is -2.00. The number of ketones is 1. The van der Waals surface area contributed by atoms with Gasteiger partial charge in [-0.1, -0.05) is 362 Å².